The Hall–Kier alpha value is -2.48. The van der Waals surface area contributed by atoms with Crippen LogP contribution in [0.15, 0.2) is 42.5 Å². The SMILES string of the molecule is C[N+](C)([O-])CCCNc1c2ccccc2nc2cccc([N+](=O)[O-])c12.Cl. The molecule has 0 amide bonds. The van der Waals surface area contributed by atoms with Crippen molar-refractivity contribution in [2.75, 3.05) is 32.5 Å². The summed E-state index contributed by atoms with van der Waals surface area (Å²) in [7, 11) is 3.20. The number of quaternary nitrogens is 1. The number of non-ortho nitro benzene ring substituents is 1. The summed E-state index contributed by atoms with van der Waals surface area (Å²) in [6.45, 7) is 1.02. The molecule has 3 aromatic rings. The second kappa shape index (κ2) is 7.82. The van der Waals surface area contributed by atoms with E-state index in [1.54, 1.807) is 26.2 Å². The molecule has 0 atom stereocenters. The van der Waals surface area contributed by atoms with E-state index in [0.717, 1.165) is 10.9 Å². The number of para-hydroxylation sites is 1. The van der Waals surface area contributed by atoms with Gasteiger partial charge in [0.15, 0.2) is 0 Å². The van der Waals surface area contributed by atoms with Gasteiger partial charge in [0.25, 0.3) is 5.69 Å². The highest BCUT2D eigenvalue weighted by atomic mass is 35.5. The molecule has 0 radical (unpaired) electrons. The topological polar surface area (TPSA) is 91.1 Å². The number of benzene rings is 2. The maximum Gasteiger partial charge on any atom is 0.280 e. The molecule has 0 fully saturated rings. The molecule has 0 aliphatic rings. The third-order valence-corrected chi connectivity index (χ3v) is 4.06. The minimum atomic E-state index is -0.387. The Balaban J connectivity index is 0.00000243. The van der Waals surface area contributed by atoms with Crippen molar-refractivity contribution >= 4 is 45.6 Å². The van der Waals surface area contributed by atoms with Crippen molar-refractivity contribution in [3.05, 3.63) is 57.8 Å². The quantitative estimate of drug-likeness (QED) is 0.230. The predicted octanol–water partition coefficient (Wildman–Crippen LogP) is 4.09. The zero-order chi connectivity index (χ0) is 18.0. The largest absolute Gasteiger partial charge is 0.633 e. The minimum Gasteiger partial charge on any atom is -0.633 e. The third kappa shape index (κ3) is 4.19. The lowest BCUT2D eigenvalue weighted by Crippen LogP contribution is -2.34. The van der Waals surface area contributed by atoms with E-state index in [1.807, 2.05) is 24.3 Å². The van der Waals surface area contributed by atoms with Crippen LogP contribution < -0.4 is 5.32 Å². The fourth-order valence-electron chi connectivity index (χ4n) is 2.93. The highest BCUT2D eigenvalue weighted by molar-refractivity contribution is 6.11. The maximum atomic E-state index is 11.7. The van der Waals surface area contributed by atoms with Gasteiger partial charge in [-0.3, -0.25) is 10.1 Å². The summed E-state index contributed by atoms with van der Waals surface area (Å²) < 4.78 is -0.361. The first-order chi connectivity index (χ1) is 11.9. The number of rotatable bonds is 6. The van der Waals surface area contributed by atoms with Gasteiger partial charge in [-0.2, -0.15) is 0 Å². The van der Waals surface area contributed by atoms with Crippen LogP contribution in [-0.2, 0) is 0 Å². The fourth-order valence-corrected chi connectivity index (χ4v) is 2.93. The summed E-state index contributed by atoms with van der Waals surface area (Å²) >= 11 is 0. The molecule has 8 heteroatoms. The molecule has 0 saturated heterocycles. The number of pyridine rings is 1. The normalized spacial score (nSPS) is 11.3. The molecule has 1 N–H and O–H groups in total. The molecule has 7 nitrogen and oxygen atoms in total. The van der Waals surface area contributed by atoms with Crippen molar-refractivity contribution in [2.24, 2.45) is 0 Å². The number of nitrogens with zero attached hydrogens (tertiary/aromatic N) is 3. The van der Waals surface area contributed by atoms with Gasteiger partial charge in [0.2, 0.25) is 0 Å². The van der Waals surface area contributed by atoms with Crippen LogP contribution >= 0.6 is 12.4 Å². The Morgan fingerprint density at radius 1 is 1.12 bits per heavy atom. The molecule has 0 saturated carbocycles. The van der Waals surface area contributed by atoms with Crippen LogP contribution in [0.3, 0.4) is 0 Å². The number of anilines is 1. The monoisotopic (exact) mass is 376 g/mol. The average molecular weight is 377 g/mol. The molecule has 1 aromatic heterocycles. The summed E-state index contributed by atoms with van der Waals surface area (Å²) in [4.78, 5) is 15.6. The number of hydrogen-bond donors (Lipinski definition) is 1. The number of nitro benzene ring substituents is 1. The van der Waals surface area contributed by atoms with E-state index in [1.165, 1.54) is 6.07 Å². The first kappa shape index (κ1) is 19.8. The molecule has 0 aliphatic carbocycles. The number of fused-ring (bicyclic) bond motifs is 2. The zero-order valence-corrected chi connectivity index (χ0v) is 15.5. The van der Waals surface area contributed by atoms with Gasteiger partial charge < -0.3 is 15.2 Å². The first-order valence-electron chi connectivity index (χ1n) is 8.10. The van der Waals surface area contributed by atoms with Crippen molar-refractivity contribution in [3.63, 3.8) is 0 Å². The fraction of sp³-hybridized carbons (Fsp3) is 0.278. The molecular weight excluding hydrogens is 356 g/mol. The van der Waals surface area contributed by atoms with Crippen LogP contribution in [0, 0.1) is 15.3 Å². The number of hydrogen-bond acceptors (Lipinski definition) is 5. The van der Waals surface area contributed by atoms with E-state index in [-0.39, 0.29) is 27.7 Å². The highest BCUT2D eigenvalue weighted by Gasteiger charge is 2.18. The number of nitrogens with one attached hydrogen (secondary N) is 1. The van der Waals surface area contributed by atoms with Gasteiger partial charge >= 0.3 is 0 Å². The van der Waals surface area contributed by atoms with Crippen molar-refractivity contribution in [1.29, 1.82) is 0 Å². The molecule has 0 aliphatic heterocycles. The van der Waals surface area contributed by atoms with Crippen molar-refractivity contribution < 1.29 is 9.57 Å². The van der Waals surface area contributed by atoms with Gasteiger partial charge in [-0.05, 0) is 12.1 Å². The standard InChI is InChI=1S/C18H20N4O3.ClH/c1-22(2,25)12-6-11-19-18-13-7-3-4-8-14(13)20-15-9-5-10-16(17(15)18)21(23)24;/h3-5,7-10H,6,11-12H2,1-2H3,(H,19,20);1H. The van der Waals surface area contributed by atoms with Crippen LogP contribution in [0.4, 0.5) is 11.4 Å². The van der Waals surface area contributed by atoms with Crippen molar-refractivity contribution in [1.82, 2.24) is 4.98 Å². The van der Waals surface area contributed by atoms with E-state index in [4.69, 9.17) is 0 Å². The third-order valence-electron chi connectivity index (χ3n) is 4.06. The summed E-state index contributed by atoms with van der Waals surface area (Å²) in [5, 5.41) is 27.8. The molecule has 26 heavy (non-hydrogen) atoms. The second-order valence-corrected chi connectivity index (χ2v) is 6.51. The molecule has 0 bridgehead atoms. The van der Waals surface area contributed by atoms with Gasteiger partial charge in [-0.15, -0.1) is 12.4 Å². The Morgan fingerprint density at radius 2 is 1.81 bits per heavy atom. The summed E-state index contributed by atoms with van der Waals surface area (Å²) in [5.74, 6) is 0. The Bertz CT molecular complexity index is 941. The number of aromatic nitrogens is 1. The van der Waals surface area contributed by atoms with E-state index in [0.29, 0.717) is 36.1 Å². The lowest BCUT2D eigenvalue weighted by Gasteiger charge is -2.33. The Kier molecular flexibility index (Phi) is 5.97. The summed E-state index contributed by atoms with van der Waals surface area (Å²) in [5.41, 5.74) is 2.08. The van der Waals surface area contributed by atoms with Crippen LogP contribution in [0.2, 0.25) is 0 Å². The average Bonchev–Trinajstić information content (AvgIpc) is 2.56. The van der Waals surface area contributed by atoms with E-state index >= 15 is 0 Å². The second-order valence-electron chi connectivity index (χ2n) is 6.51. The van der Waals surface area contributed by atoms with E-state index < -0.39 is 0 Å². The molecule has 0 spiro atoms. The first-order valence-corrected chi connectivity index (χ1v) is 8.10. The van der Waals surface area contributed by atoms with E-state index in [2.05, 4.69) is 10.3 Å². The molecule has 0 unspecified atom stereocenters. The van der Waals surface area contributed by atoms with E-state index in [9.17, 15) is 15.3 Å². The molecule has 138 valence electrons. The van der Waals surface area contributed by atoms with Gasteiger partial charge in [0.05, 0.1) is 42.3 Å². The van der Waals surface area contributed by atoms with Gasteiger partial charge in [0, 0.05) is 24.4 Å². The maximum absolute atomic E-state index is 11.7. The Morgan fingerprint density at radius 3 is 2.50 bits per heavy atom. The molecular formula is C18H21ClN4O3. The minimum absolute atomic E-state index is 0. The summed E-state index contributed by atoms with van der Waals surface area (Å²) in [6.07, 6.45) is 0.662. The van der Waals surface area contributed by atoms with Crippen LogP contribution in [0.25, 0.3) is 21.8 Å². The smallest absolute Gasteiger partial charge is 0.280 e. The number of nitro groups is 1. The lowest BCUT2D eigenvalue weighted by atomic mass is 10.1. The molecule has 1 heterocycles. The van der Waals surface area contributed by atoms with Crippen molar-refractivity contribution in [3.8, 4) is 0 Å². The van der Waals surface area contributed by atoms with Crippen molar-refractivity contribution in [2.45, 2.75) is 6.42 Å². The predicted molar refractivity (Wildman–Crippen MR) is 107 cm³/mol. The Labute approximate surface area is 157 Å². The van der Waals surface area contributed by atoms with Crippen LogP contribution in [0.5, 0.6) is 0 Å². The highest BCUT2D eigenvalue weighted by Crippen LogP contribution is 2.36. The molecule has 3 rings (SSSR count). The number of hydroxylamine groups is 3. The lowest BCUT2D eigenvalue weighted by molar-refractivity contribution is -0.839. The summed E-state index contributed by atoms with van der Waals surface area (Å²) in [6, 6.07) is 12.5. The van der Waals surface area contributed by atoms with Gasteiger partial charge in [-0.1, -0.05) is 24.3 Å². The van der Waals surface area contributed by atoms with Gasteiger partial charge in [-0.25, -0.2) is 4.98 Å². The zero-order valence-electron chi connectivity index (χ0n) is 14.6. The number of halogens is 1. The molecule has 2 aromatic carbocycles. The van der Waals surface area contributed by atoms with Gasteiger partial charge in [0.1, 0.15) is 5.39 Å². The van der Waals surface area contributed by atoms with Crippen LogP contribution in [0.1, 0.15) is 6.42 Å². The van der Waals surface area contributed by atoms with Crippen LogP contribution in [-0.4, -0.2) is 41.7 Å².